The molecule has 0 aliphatic heterocycles. The zero-order chi connectivity index (χ0) is 16.8. The number of hydrogen-bond donors (Lipinski definition) is 2. The molecule has 1 atom stereocenters. The third-order valence-electron chi connectivity index (χ3n) is 3.38. The Morgan fingerprint density at radius 3 is 2.39 bits per heavy atom. The Kier molecular flexibility index (Phi) is 5.57. The molecule has 2 aromatic rings. The summed E-state index contributed by atoms with van der Waals surface area (Å²) in [7, 11) is 1.63. The van der Waals surface area contributed by atoms with E-state index in [2.05, 4.69) is 15.6 Å². The van der Waals surface area contributed by atoms with Crippen LogP contribution in [-0.4, -0.2) is 24.0 Å². The van der Waals surface area contributed by atoms with E-state index in [9.17, 15) is 4.79 Å². The monoisotopic (exact) mass is 313 g/mol. The Bertz CT molecular complexity index is 654. The standard InChI is InChI=1S/C18H23N3O2/c1-12(2)19-17-7-5-6-16(21-17)18(22)20-13(3)14-8-10-15(23-4)11-9-14/h5-13H,1-4H3,(H,19,21)(H,20,22). The molecule has 1 unspecified atom stereocenters. The summed E-state index contributed by atoms with van der Waals surface area (Å²) in [5.74, 6) is 1.30. The molecule has 1 amide bonds. The van der Waals surface area contributed by atoms with Crippen LogP contribution in [0.25, 0.3) is 0 Å². The van der Waals surface area contributed by atoms with E-state index in [0.29, 0.717) is 11.5 Å². The number of ether oxygens (including phenoxy) is 1. The van der Waals surface area contributed by atoms with Gasteiger partial charge in [0.2, 0.25) is 0 Å². The third kappa shape index (κ3) is 4.71. The predicted molar refractivity (Wildman–Crippen MR) is 91.9 cm³/mol. The summed E-state index contributed by atoms with van der Waals surface area (Å²) in [6, 6.07) is 13.2. The van der Waals surface area contributed by atoms with Gasteiger partial charge in [0, 0.05) is 6.04 Å². The number of amides is 1. The van der Waals surface area contributed by atoms with Crippen molar-refractivity contribution >= 4 is 11.7 Å². The SMILES string of the molecule is COc1ccc(C(C)NC(=O)c2cccc(NC(C)C)n2)cc1. The van der Waals surface area contributed by atoms with Crippen LogP contribution in [0.5, 0.6) is 5.75 Å². The highest BCUT2D eigenvalue weighted by atomic mass is 16.5. The highest BCUT2D eigenvalue weighted by Crippen LogP contribution is 2.17. The van der Waals surface area contributed by atoms with Crippen LogP contribution in [0.2, 0.25) is 0 Å². The van der Waals surface area contributed by atoms with Gasteiger partial charge in [0.1, 0.15) is 17.3 Å². The lowest BCUT2D eigenvalue weighted by atomic mass is 10.1. The van der Waals surface area contributed by atoms with Crippen LogP contribution in [0.15, 0.2) is 42.5 Å². The number of carbonyl (C=O) groups is 1. The van der Waals surface area contributed by atoms with Crippen molar-refractivity contribution < 1.29 is 9.53 Å². The van der Waals surface area contributed by atoms with E-state index in [-0.39, 0.29) is 18.0 Å². The molecule has 0 radical (unpaired) electrons. The van der Waals surface area contributed by atoms with Crippen LogP contribution in [0.4, 0.5) is 5.82 Å². The molecule has 0 bridgehead atoms. The molecule has 0 aliphatic rings. The van der Waals surface area contributed by atoms with Gasteiger partial charge < -0.3 is 15.4 Å². The van der Waals surface area contributed by atoms with Gasteiger partial charge in [-0.3, -0.25) is 4.79 Å². The van der Waals surface area contributed by atoms with E-state index >= 15 is 0 Å². The molecular weight excluding hydrogens is 290 g/mol. The van der Waals surface area contributed by atoms with Gasteiger partial charge >= 0.3 is 0 Å². The molecule has 1 aromatic heterocycles. The van der Waals surface area contributed by atoms with Crippen LogP contribution < -0.4 is 15.4 Å². The lowest BCUT2D eigenvalue weighted by Gasteiger charge is -2.15. The number of nitrogens with zero attached hydrogens (tertiary/aromatic N) is 1. The number of aromatic nitrogens is 1. The number of benzene rings is 1. The minimum absolute atomic E-state index is 0.114. The lowest BCUT2D eigenvalue weighted by molar-refractivity contribution is 0.0935. The van der Waals surface area contributed by atoms with Crippen molar-refractivity contribution in [1.29, 1.82) is 0 Å². The summed E-state index contributed by atoms with van der Waals surface area (Å²) >= 11 is 0. The molecule has 5 nitrogen and oxygen atoms in total. The Labute approximate surface area is 137 Å². The van der Waals surface area contributed by atoms with Gasteiger partial charge in [-0.25, -0.2) is 4.98 Å². The number of hydrogen-bond acceptors (Lipinski definition) is 4. The molecular formula is C18H23N3O2. The molecule has 0 fully saturated rings. The number of nitrogens with one attached hydrogen (secondary N) is 2. The van der Waals surface area contributed by atoms with Gasteiger partial charge in [0.15, 0.2) is 0 Å². The van der Waals surface area contributed by atoms with Crippen LogP contribution in [0, 0.1) is 0 Å². The Balaban J connectivity index is 2.05. The zero-order valence-electron chi connectivity index (χ0n) is 14.0. The van der Waals surface area contributed by atoms with E-state index < -0.39 is 0 Å². The maximum atomic E-state index is 12.4. The summed E-state index contributed by atoms with van der Waals surface area (Å²) in [6.45, 7) is 6.00. The number of rotatable bonds is 6. The Hall–Kier alpha value is -2.56. The molecule has 122 valence electrons. The first-order chi connectivity index (χ1) is 11.0. The van der Waals surface area contributed by atoms with Crippen LogP contribution in [0.1, 0.15) is 42.9 Å². The molecule has 2 N–H and O–H groups in total. The first-order valence-electron chi connectivity index (χ1n) is 7.68. The van der Waals surface area contributed by atoms with Crippen molar-refractivity contribution in [2.45, 2.75) is 32.9 Å². The molecule has 23 heavy (non-hydrogen) atoms. The van der Waals surface area contributed by atoms with Gasteiger partial charge in [-0.2, -0.15) is 0 Å². The minimum Gasteiger partial charge on any atom is -0.497 e. The fraction of sp³-hybridized carbons (Fsp3) is 0.333. The molecule has 1 aromatic carbocycles. The summed E-state index contributed by atoms with van der Waals surface area (Å²) in [4.78, 5) is 16.7. The van der Waals surface area contributed by atoms with E-state index in [1.807, 2.05) is 57.2 Å². The van der Waals surface area contributed by atoms with Crippen molar-refractivity contribution in [2.75, 3.05) is 12.4 Å². The average Bonchev–Trinajstić information content (AvgIpc) is 2.54. The Morgan fingerprint density at radius 1 is 1.09 bits per heavy atom. The molecule has 1 heterocycles. The van der Waals surface area contributed by atoms with Gasteiger partial charge in [0.05, 0.1) is 13.2 Å². The lowest BCUT2D eigenvalue weighted by Crippen LogP contribution is -2.27. The number of pyridine rings is 1. The fourth-order valence-electron chi connectivity index (χ4n) is 2.18. The summed E-state index contributed by atoms with van der Waals surface area (Å²) in [5.41, 5.74) is 1.41. The zero-order valence-corrected chi connectivity index (χ0v) is 14.0. The van der Waals surface area contributed by atoms with Gasteiger partial charge in [-0.05, 0) is 50.6 Å². The minimum atomic E-state index is -0.194. The van der Waals surface area contributed by atoms with E-state index in [4.69, 9.17) is 4.74 Å². The molecule has 2 rings (SSSR count). The van der Waals surface area contributed by atoms with Crippen molar-refractivity contribution in [3.63, 3.8) is 0 Å². The molecule has 0 saturated heterocycles. The predicted octanol–water partition coefficient (Wildman–Crippen LogP) is 3.40. The first-order valence-corrected chi connectivity index (χ1v) is 7.68. The second kappa shape index (κ2) is 7.63. The van der Waals surface area contributed by atoms with Gasteiger partial charge in [-0.1, -0.05) is 18.2 Å². The van der Waals surface area contributed by atoms with Crippen LogP contribution >= 0.6 is 0 Å². The quantitative estimate of drug-likeness (QED) is 0.858. The second-order valence-corrected chi connectivity index (χ2v) is 5.68. The second-order valence-electron chi connectivity index (χ2n) is 5.68. The Morgan fingerprint density at radius 2 is 1.78 bits per heavy atom. The fourth-order valence-corrected chi connectivity index (χ4v) is 2.18. The number of carbonyl (C=O) groups excluding carboxylic acids is 1. The van der Waals surface area contributed by atoms with Crippen molar-refractivity contribution in [3.05, 3.63) is 53.7 Å². The van der Waals surface area contributed by atoms with E-state index in [0.717, 1.165) is 11.3 Å². The first kappa shape index (κ1) is 16.8. The highest BCUT2D eigenvalue weighted by molar-refractivity contribution is 5.92. The third-order valence-corrected chi connectivity index (χ3v) is 3.38. The van der Waals surface area contributed by atoms with Gasteiger partial charge in [-0.15, -0.1) is 0 Å². The van der Waals surface area contributed by atoms with Crippen LogP contribution in [-0.2, 0) is 0 Å². The van der Waals surface area contributed by atoms with Crippen LogP contribution in [0.3, 0.4) is 0 Å². The smallest absolute Gasteiger partial charge is 0.270 e. The normalized spacial score (nSPS) is 11.9. The van der Waals surface area contributed by atoms with E-state index in [1.54, 1.807) is 13.2 Å². The van der Waals surface area contributed by atoms with Crippen molar-refractivity contribution in [2.24, 2.45) is 0 Å². The summed E-state index contributed by atoms with van der Waals surface area (Å²) < 4.78 is 5.14. The summed E-state index contributed by atoms with van der Waals surface area (Å²) in [6.07, 6.45) is 0. The topological polar surface area (TPSA) is 63.2 Å². The van der Waals surface area contributed by atoms with Gasteiger partial charge in [0.25, 0.3) is 5.91 Å². The largest absolute Gasteiger partial charge is 0.497 e. The van der Waals surface area contributed by atoms with E-state index in [1.165, 1.54) is 0 Å². The van der Waals surface area contributed by atoms with Crippen molar-refractivity contribution in [1.82, 2.24) is 10.3 Å². The molecule has 0 saturated carbocycles. The maximum Gasteiger partial charge on any atom is 0.270 e. The van der Waals surface area contributed by atoms with Crippen molar-refractivity contribution in [3.8, 4) is 5.75 Å². The molecule has 0 aliphatic carbocycles. The average molecular weight is 313 g/mol. The number of methoxy groups -OCH3 is 1. The molecule has 0 spiro atoms. The number of anilines is 1. The molecule has 5 heteroatoms. The highest BCUT2D eigenvalue weighted by Gasteiger charge is 2.13. The maximum absolute atomic E-state index is 12.4. The summed E-state index contributed by atoms with van der Waals surface area (Å²) in [5, 5.41) is 6.15.